The second-order valence-electron chi connectivity index (χ2n) is 4.39. The van der Waals surface area contributed by atoms with Crippen molar-refractivity contribution >= 4 is 11.8 Å². The predicted molar refractivity (Wildman–Crippen MR) is 74.2 cm³/mol. The predicted octanol–water partition coefficient (Wildman–Crippen LogP) is 0.710. The van der Waals surface area contributed by atoms with Gasteiger partial charge in [0.05, 0.1) is 6.33 Å². The van der Waals surface area contributed by atoms with Crippen molar-refractivity contribution in [3.63, 3.8) is 0 Å². The molecule has 1 aromatic heterocycles. The third-order valence-electron chi connectivity index (χ3n) is 2.81. The highest BCUT2D eigenvalue weighted by Crippen LogP contribution is 2.05. The molecule has 0 aliphatic carbocycles. The molecule has 104 valence electrons. The van der Waals surface area contributed by atoms with Crippen molar-refractivity contribution in [3.8, 4) is 0 Å². The molecule has 20 heavy (non-hydrogen) atoms. The van der Waals surface area contributed by atoms with Gasteiger partial charge in [-0.2, -0.15) is 0 Å². The monoisotopic (exact) mass is 272 g/mol. The van der Waals surface area contributed by atoms with Gasteiger partial charge >= 0.3 is 0 Å². The Morgan fingerprint density at radius 3 is 2.75 bits per heavy atom. The average molecular weight is 272 g/mol. The number of imidazole rings is 1. The van der Waals surface area contributed by atoms with Crippen molar-refractivity contribution in [3.05, 3.63) is 53.6 Å². The Hall–Kier alpha value is -2.63. The van der Waals surface area contributed by atoms with Gasteiger partial charge in [-0.05, 0) is 17.7 Å². The highest BCUT2D eigenvalue weighted by molar-refractivity contribution is 5.94. The first kappa shape index (κ1) is 13.8. The zero-order valence-corrected chi connectivity index (χ0v) is 11.4. The van der Waals surface area contributed by atoms with Crippen molar-refractivity contribution in [1.82, 2.24) is 20.2 Å². The maximum Gasteiger partial charge on any atom is 0.271 e. The van der Waals surface area contributed by atoms with Crippen LogP contribution in [-0.4, -0.2) is 28.4 Å². The molecule has 2 rings (SSSR count). The molecule has 2 N–H and O–H groups in total. The summed E-state index contributed by atoms with van der Waals surface area (Å²) in [7, 11) is 3.38. The Kier molecular flexibility index (Phi) is 4.14. The number of aryl methyl sites for hydroxylation is 1. The van der Waals surface area contributed by atoms with Crippen LogP contribution in [0.5, 0.6) is 0 Å². The number of nitrogens with one attached hydrogen (secondary N) is 2. The molecule has 0 unspecified atom stereocenters. The summed E-state index contributed by atoms with van der Waals surface area (Å²) in [5.74, 6) is -0.390. The normalized spacial score (nSPS) is 10.1. The van der Waals surface area contributed by atoms with Crippen molar-refractivity contribution in [1.29, 1.82) is 0 Å². The molecule has 0 radical (unpaired) electrons. The van der Waals surface area contributed by atoms with E-state index in [1.807, 2.05) is 6.07 Å². The Morgan fingerprint density at radius 1 is 1.30 bits per heavy atom. The molecule has 6 nitrogen and oxygen atoms in total. The van der Waals surface area contributed by atoms with Crippen LogP contribution in [0, 0.1) is 0 Å². The van der Waals surface area contributed by atoms with Crippen LogP contribution in [0.4, 0.5) is 0 Å². The van der Waals surface area contributed by atoms with Gasteiger partial charge in [0.2, 0.25) is 0 Å². The largest absolute Gasteiger partial charge is 0.355 e. The lowest BCUT2D eigenvalue weighted by atomic mass is 10.1. The highest BCUT2D eigenvalue weighted by Gasteiger charge is 2.09. The summed E-state index contributed by atoms with van der Waals surface area (Å²) in [4.78, 5) is 27.3. The van der Waals surface area contributed by atoms with E-state index in [-0.39, 0.29) is 11.8 Å². The van der Waals surface area contributed by atoms with Crippen LogP contribution >= 0.6 is 0 Å². The van der Waals surface area contributed by atoms with Gasteiger partial charge in [0, 0.05) is 32.4 Å². The van der Waals surface area contributed by atoms with Crippen LogP contribution in [0.3, 0.4) is 0 Å². The number of nitrogens with zero attached hydrogens (tertiary/aromatic N) is 2. The molecule has 0 aliphatic rings. The molecule has 0 spiro atoms. The summed E-state index contributed by atoms with van der Waals surface area (Å²) in [6, 6.07) is 7.11. The standard InChI is InChI=1S/C14H16N4O2/c1-15-13(19)11-5-3-4-10(6-11)7-16-14(20)12-8-18(2)9-17-12/h3-6,8-9H,7H2,1-2H3,(H,15,19)(H,16,20). The van der Waals surface area contributed by atoms with Gasteiger partial charge in [-0.3, -0.25) is 9.59 Å². The molecule has 0 saturated heterocycles. The zero-order valence-electron chi connectivity index (χ0n) is 11.4. The number of hydrogen-bond donors (Lipinski definition) is 2. The lowest BCUT2D eigenvalue weighted by molar-refractivity contribution is 0.0944. The summed E-state index contributed by atoms with van der Waals surface area (Å²) >= 11 is 0. The van der Waals surface area contributed by atoms with E-state index in [0.717, 1.165) is 5.56 Å². The topological polar surface area (TPSA) is 76.0 Å². The van der Waals surface area contributed by atoms with Crippen LogP contribution in [0.25, 0.3) is 0 Å². The molecular formula is C14H16N4O2. The number of carbonyl (C=O) groups is 2. The van der Waals surface area contributed by atoms with E-state index in [2.05, 4.69) is 15.6 Å². The van der Waals surface area contributed by atoms with E-state index in [4.69, 9.17) is 0 Å². The van der Waals surface area contributed by atoms with Crippen LogP contribution < -0.4 is 10.6 Å². The molecule has 2 aromatic rings. The number of carbonyl (C=O) groups excluding carboxylic acids is 2. The second-order valence-corrected chi connectivity index (χ2v) is 4.39. The minimum absolute atomic E-state index is 0.150. The minimum atomic E-state index is -0.240. The molecular weight excluding hydrogens is 256 g/mol. The summed E-state index contributed by atoms with van der Waals surface area (Å²) in [6.07, 6.45) is 3.22. The third kappa shape index (κ3) is 3.23. The van der Waals surface area contributed by atoms with Crippen molar-refractivity contribution < 1.29 is 9.59 Å². The SMILES string of the molecule is CNC(=O)c1cccc(CNC(=O)c2cn(C)cn2)c1. The summed E-state index contributed by atoms with van der Waals surface area (Å²) in [5.41, 5.74) is 1.79. The highest BCUT2D eigenvalue weighted by atomic mass is 16.2. The lowest BCUT2D eigenvalue weighted by Gasteiger charge is -2.05. The van der Waals surface area contributed by atoms with E-state index in [1.165, 1.54) is 0 Å². The number of amides is 2. The Morgan fingerprint density at radius 2 is 2.10 bits per heavy atom. The van der Waals surface area contributed by atoms with Crippen LogP contribution in [0.2, 0.25) is 0 Å². The fourth-order valence-electron chi connectivity index (χ4n) is 1.77. The van der Waals surface area contributed by atoms with Crippen molar-refractivity contribution in [2.75, 3.05) is 7.05 Å². The first-order valence-electron chi connectivity index (χ1n) is 6.17. The van der Waals surface area contributed by atoms with Gasteiger partial charge in [0.15, 0.2) is 0 Å². The molecule has 0 aliphatic heterocycles. The first-order chi connectivity index (χ1) is 9.60. The molecule has 2 amide bonds. The van der Waals surface area contributed by atoms with Crippen molar-refractivity contribution in [2.45, 2.75) is 6.54 Å². The molecule has 1 aromatic carbocycles. The maximum atomic E-state index is 11.8. The van der Waals surface area contributed by atoms with Crippen LogP contribution in [0.1, 0.15) is 26.4 Å². The van der Waals surface area contributed by atoms with Gasteiger partial charge < -0.3 is 15.2 Å². The number of benzene rings is 1. The molecule has 0 bridgehead atoms. The van der Waals surface area contributed by atoms with Gasteiger partial charge in [-0.25, -0.2) is 4.98 Å². The van der Waals surface area contributed by atoms with E-state index in [1.54, 1.807) is 49.4 Å². The fourth-order valence-corrected chi connectivity index (χ4v) is 1.77. The first-order valence-corrected chi connectivity index (χ1v) is 6.17. The number of hydrogen-bond acceptors (Lipinski definition) is 3. The van der Waals surface area contributed by atoms with E-state index < -0.39 is 0 Å². The Balaban J connectivity index is 2.00. The molecule has 6 heteroatoms. The zero-order chi connectivity index (χ0) is 14.5. The summed E-state index contributed by atoms with van der Waals surface area (Å²) < 4.78 is 1.71. The lowest BCUT2D eigenvalue weighted by Crippen LogP contribution is -2.23. The number of aromatic nitrogens is 2. The summed E-state index contributed by atoms with van der Waals surface area (Å²) in [6.45, 7) is 0.347. The molecule has 0 saturated carbocycles. The average Bonchev–Trinajstić information content (AvgIpc) is 2.91. The minimum Gasteiger partial charge on any atom is -0.355 e. The van der Waals surface area contributed by atoms with Crippen LogP contribution in [-0.2, 0) is 13.6 Å². The Bertz CT molecular complexity index is 634. The maximum absolute atomic E-state index is 11.8. The smallest absolute Gasteiger partial charge is 0.271 e. The second kappa shape index (κ2) is 6.01. The quantitative estimate of drug-likeness (QED) is 0.860. The Labute approximate surface area is 116 Å². The summed E-state index contributed by atoms with van der Waals surface area (Å²) in [5, 5.41) is 5.33. The third-order valence-corrected chi connectivity index (χ3v) is 2.81. The van der Waals surface area contributed by atoms with E-state index in [0.29, 0.717) is 17.8 Å². The van der Waals surface area contributed by atoms with Crippen molar-refractivity contribution in [2.24, 2.45) is 7.05 Å². The van der Waals surface area contributed by atoms with Gasteiger partial charge in [0.25, 0.3) is 11.8 Å². The van der Waals surface area contributed by atoms with Gasteiger partial charge in [-0.1, -0.05) is 12.1 Å². The van der Waals surface area contributed by atoms with E-state index >= 15 is 0 Å². The van der Waals surface area contributed by atoms with E-state index in [9.17, 15) is 9.59 Å². The molecule has 0 fully saturated rings. The van der Waals surface area contributed by atoms with Crippen LogP contribution in [0.15, 0.2) is 36.8 Å². The number of rotatable bonds is 4. The molecule has 0 atom stereocenters. The fraction of sp³-hybridized carbons (Fsp3) is 0.214. The molecule has 1 heterocycles. The van der Waals surface area contributed by atoms with Gasteiger partial charge in [0.1, 0.15) is 5.69 Å². The van der Waals surface area contributed by atoms with Gasteiger partial charge in [-0.15, -0.1) is 0 Å².